The maximum atomic E-state index is 10.3. The van der Waals surface area contributed by atoms with E-state index >= 15 is 0 Å². The van der Waals surface area contributed by atoms with Crippen LogP contribution >= 0.6 is 0 Å². The number of carboxylic acids is 1. The molecule has 0 aliphatic rings. The van der Waals surface area contributed by atoms with Crippen molar-refractivity contribution in [3.63, 3.8) is 0 Å². The van der Waals surface area contributed by atoms with Gasteiger partial charge in [0.1, 0.15) is 0 Å². The van der Waals surface area contributed by atoms with Crippen molar-refractivity contribution in [2.45, 2.75) is 6.92 Å². The lowest BCUT2D eigenvalue weighted by Crippen LogP contribution is -2.00. The Balaban J connectivity index is 0.000000325. The minimum atomic E-state index is -0.988. The van der Waals surface area contributed by atoms with Gasteiger partial charge in [0.05, 0.1) is 11.8 Å². The quantitative estimate of drug-likeness (QED) is 0.452. The van der Waals surface area contributed by atoms with E-state index in [0.29, 0.717) is 5.69 Å². The average molecular weight is 223 g/mol. The van der Waals surface area contributed by atoms with Crippen molar-refractivity contribution in [2.75, 3.05) is 5.73 Å². The summed E-state index contributed by atoms with van der Waals surface area (Å²) >= 11 is 0. The monoisotopic (exact) mass is 223 g/mol. The molecule has 0 saturated carbocycles. The Morgan fingerprint density at radius 2 is 2.00 bits per heavy atom. The highest BCUT2D eigenvalue weighted by Gasteiger charge is 2.03. The number of rotatable bonds is 2. The van der Waals surface area contributed by atoms with E-state index in [-0.39, 0.29) is 11.5 Å². The standard InChI is InChI=1S/C7H7NO2.C4H6O2/c8-6-4-2-1-3-5(6)7(9)10;1-3-6-4(2)5/h1-4H,8H2,(H,9,10);3H,1H2,2H3. The number of para-hydroxylation sites is 1. The van der Waals surface area contributed by atoms with Crippen molar-refractivity contribution in [3.8, 4) is 0 Å². The molecule has 5 heteroatoms. The second-order valence-corrected chi connectivity index (χ2v) is 2.67. The molecule has 0 radical (unpaired) electrons. The molecule has 0 atom stereocenters. The number of benzene rings is 1. The summed E-state index contributed by atoms with van der Waals surface area (Å²) in [5.74, 6) is -1.32. The maximum absolute atomic E-state index is 10.3. The summed E-state index contributed by atoms with van der Waals surface area (Å²) in [4.78, 5) is 20.1. The van der Waals surface area contributed by atoms with Crippen LogP contribution in [0.2, 0.25) is 0 Å². The number of nitrogens with two attached hydrogens (primary N) is 1. The molecular formula is C11H13NO4. The van der Waals surface area contributed by atoms with E-state index in [4.69, 9.17) is 10.8 Å². The van der Waals surface area contributed by atoms with Gasteiger partial charge in [-0.1, -0.05) is 18.7 Å². The second kappa shape index (κ2) is 7.05. The molecule has 0 heterocycles. The van der Waals surface area contributed by atoms with Crippen LogP contribution in [0.1, 0.15) is 17.3 Å². The van der Waals surface area contributed by atoms with Crippen LogP contribution in [0.4, 0.5) is 5.69 Å². The molecule has 1 aromatic rings. The number of carbonyl (C=O) groups is 2. The summed E-state index contributed by atoms with van der Waals surface area (Å²) in [6.45, 7) is 4.48. The van der Waals surface area contributed by atoms with Gasteiger partial charge in [-0.15, -0.1) is 0 Å². The Bertz CT molecular complexity index is 387. The SMILES string of the molecule is C=COC(C)=O.Nc1ccccc1C(=O)O. The number of carboxylic acid groups (broad SMARTS) is 1. The molecule has 0 fully saturated rings. The van der Waals surface area contributed by atoms with Gasteiger partial charge >= 0.3 is 11.9 Å². The summed E-state index contributed by atoms with van der Waals surface area (Å²) in [7, 11) is 0. The first-order chi connectivity index (χ1) is 7.49. The van der Waals surface area contributed by atoms with Crippen LogP contribution < -0.4 is 5.73 Å². The first kappa shape index (κ1) is 13.7. The molecule has 1 aromatic carbocycles. The topological polar surface area (TPSA) is 89.6 Å². The molecule has 0 aliphatic carbocycles. The van der Waals surface area contributed by atoms with Crippen LogP contribution in [0, 0.1) is 0 Å². The summed E-state index contributed by atoms with van der Waals surface area (Å²) in [5, 5.41) is 8.49. The third kappa shape index (κ3) is 5.43. The molecule has 0 amide bonds. The largest absolute Gasteiger partial charge is 0.478 e. The first-order valence-electron chi connectivity index (χ1n) is 4.35. The third-order valence-corrected chi connectivity index (χ3v) is 1.44. The first-order valence-corrected chi connectivity index (χ1v) is 4.35. The molecule has 3 N–H and O–H groups in total. The van der Waals surface area contributed by atoms with Crippen molar-refractivity contribution in [1.29, 1.82) is 0 Å². The van der Waals surface area contributed by atoms with E-state index < -0.39 is 5.97 Å². The predicted molar refractivity (Wildman–Crippen MR) is 59.8 cm³/mol. The Kier molecular flexibility index (Phi) is 6.04. The highest BCUT2D eigenvalue weighted by molar-refractivity contribution is 5.93. The zero-order valence-electron chi connectivity index (χ0n) is 8.84. The van der Waals surface area contributed by atoms with Crippen molar-refractivity contribution in [3.05, 3.63) is 42.7 Å². The molecule has 1 rings (SSSR count). The minimum Gasteiger partial charge on any atom is -0.478 e. The van der Waals surface area contributed by atoms with E-state index in [1.807, 2.05) is 0 Å². The van der Waals surface area contributed by atoms with Crippen LogP contribution in [-0.2, 0) is 9.53 Å². The zero-order chi connectivity index (χ0) is 12.6. The van der Waals surface area contributed by atoms with Crippen LogP contribution in [0.5, 0.6) is 0 Å². The number of hydrogen-bond donors (Lipinski definition) is 2. The number of ether oxygens (including phenoxy) is 1. The van der Waals surface area contributed by atoms with Gasteiger partial charge < -0.3 is 15.6 Å². The highest BCUT2D eigenvalue weighted by atomic mass is 16.5. The van der Waals surface area contributed by atoms with Gasteiger partial charge in [0, 0.05) is 12.6 Å². The number of carbonyl (C=O) groups excluding carboxylic acids is 1. The Hall–Kier alpha value is -2.30. The van der Waals surface area contributed by atoms with Crippen LogP contribution in [0.3, 0.4) is 0 Å². The molecule has 86 valence electrons. The van der Waals surface area contributed by atoms with Gasteiger partial charge in [-0.2, -0.15) is 0 Å². The summed E-state index contributed by atoms with van der Waals surface area (Å²) < 4.78 is 4.17. The maximum Gasteiger partial charge on any atom is 0.337 e. The molecule has 0 unspecified atom stereocenters. The van der Waals surface area contributed by atoms with Gasteiger partial charge in [-0.05, 0) is 12.1 Å². The number of nitrogen functional groups attached to an aromatic ring is 1. The molecule has 5 nitrogen and oxygen atoms in total. The van der Waals surface area contributed by atoms with Gasteiger partial charge in [0.15, 0.2) is 0 Å². The van der Waals surface area contributed by atoms with E-state index in [1.54, 1.807) is 18.2 Å². The van der Waals surface area contributed by atoms with Crippen molar-refractivity contribution in [2.24, 2.45) is 0 Å². The Morgan fingerprint density at radius 3 is 2.25 bits per heavy atom. The molecular weight excluding hydrogens is 210 g/mol. The van der Waals surface area contributed by atoms with Crippen LogP contribution in [-0.4, -0.2) is 17.0 Å². The van der Waals surface area contributed by atoms with Gasteiger partial charge in [-0.3, -0.25) is 4.79 Å². The minimum absolute atomic E-state index is 0.155. The normalized spacial score (nSPS) is 8.31. The molecule has 0 spiro atoms. The summed E-state index contributed by atoms with van der Waals surface area (Å²) in [6, 6.07) is 6.36. The lowest BCUT2D eigenvalue weighted by atomic mass is 10.2. The molecule has 0 aliphatic heterocycles. The summed E-state index contributed by atoms with van der Waals surface area (Å²) in [6.07, 6.45) is 1.10. The average Bonchev–Trinajstić information content (AvgIpc) is 2.18. The van der Waals surface area contributed by atoms with E-state index in [2.05, 4.69) is 11.3 Å². The Labute approximate surface area is 93.1 Å². The molecule has 0 bridgehead atoms. The van der Waals surface area contributed by atoms with Crippen molar-refractivity contribution < 1.29 is 19.4 Å². The number of anilines is 1. The van der Waals surface area contributed by atoms with Gasteiger partial charge in [0.25, 0.3) is 0 Å². The smallest absolute Gasteiger partial charge is 0.337 e. The number of esters is 1. The van der Waals surface area contributed by atoms with Crippen LogP contribution in [0.15, 0.2) is 37.1 Å². The third-order valence-electron chi connectivity index (χ3n) is 1.44. The molecule has 16 heavy (non-hydrogen) atoms. The zero-order valence-corrected chi connectivity index (χ0v) is 8.84. The van der Waals surface area contributed by atoms with Crippen LogP contribution in [0.25, 0.3) is 0 Å². The summed E-state index contributed by atoms with van der Waals surface area (Å²) in [5.41, 5.74) is 5.80. The number of aromatic carboxylic acids is 1. The molecule has 0 saturated heterocycles. The predicted octanol–water partition coefficient (Wildman–Crippen LogP) is 1.66. The molecule has 0 aromatic heterocycles. The lowest BCUT2D eigenvalue weighted by molar-refractivity contribution is -0.135. The second-order valence-electron chi connectivity index (χ2n) is 2.67. The van der Waals surface area contributed by atoms with Crippen molar-refractivity contribution in [1.82, 2.24) is 0 Å². The van der Waals surface area contributed by atoms with E-state index in [0.717, 1.165) is 6.26 Å². The number of hydrogen-bond acceptors (Lipinski definition) is 4. The van der Waals surface area contributed by atoms with Gasteiger partial charge in [0.2, 0.25) is 0 Å². The fraction of sp³-hybridized carbons (Fsp3) is 0.0909. The fourth-order valence-electron chi connectivity index (χ4n) is 0.809. The van der Waals surface area contributed by atoms with E-state index in [1.165, 1.54) is 13.0 Å². The Morgan fingerprint density at radius 1 is 1.44 bits per heavy atom. The van der Waals surface area contributed by atoms with Crippen molar-refractivity contribution >= 4 is 17.6 Å². The fourth-order valence-corrected chi connectivity index (χ4v) is 0.809. The van der Waals surface area contributed by atoms with E-state index in [9.17, 15) is 9.59 Å². The highest BCUT2D eigenvalue weighted by Crippen LogP contribution is 2.08. The van der Waals surface area contributed by atoms with Gasteiger partial charge in [-0.25, -0.2) is 4.79 Å². The lowest BCUT2D eigenvalue weighted by Gasteiger charge is -1.96.